The molecule has 4 heteroatoms. The summed E-state index contributed by atoms with van der Waals surface area (Å²) in [5, 5.41) is 10.2. The second-order valence-corrected chi connectivity index (χ2v) is 4.90. The fourth-order valence-corrected chi connectivity index (χ4v) is 2.42. The predicted octanol–water partition coefficient (Wildman–Crippen LogP) is 4.31. The standard InChI is InChI=1S/C17H17F3O/c1-3-10-5-6-12(9-11(10)4-2)17(21)13-7-8-14(18)16(20)15(13)19/h5-9,17,21H,3-4H2,1-2H3. The number of aryl methyl sites for hydroxylation is 2. The third-order valence-corrected chi connectivity index (χ3v) is 3.67. The lowest BCUT2D eigenvalue weighted by molar-refractivity contribution is 0.212. The van der Waals surface area contributed by atoms with Crippen LogP contribution in [-0.4, -0.2) is 5.11 Å². The summed E-state index contributed by atoms with van der Waals surface area (Å²) in [6, 6.07) is 7.22. The maximum absolute atomic E-state index is 13.8. The minimum atomic E-state index is -1.56. The van der Waals surface area contributed by atoms with Crippen LogP contribution in [0.15, 0.2) is 30.3 Å². The first kappa shape index (κ1) is 15.6. The Morgan fingerprint density at radius 1 is 0.905 bits per heavy atom. The van der Waals surface area contributed by atoms with E-state index >= 15 is 0 Å². The number of hydrogen-bond donors (Lipinski definition) is 1. The lowest BCUT2D eigenvalue weighted by atomic mass is 9.94. The molecule has 0 aliphatic rings. The summed E-state index contributed by atoms with van der Waals surface area (Å²) >= 11 is 0. The van der Waals surface area contributed by atoms with Crippen molar-refractivity contribution in [1.29, 1.82) is 0 Å². The van der Waals surface area contributed by atoms with Gasteiger partial charge in [0.2, 0.25) is 0 Å². The quantitative estimate of drug-likeness (QED) is 0.833. The molecule has 2 rings (SSSR count). The highest BCUT2D eigenvalue weighted by Gasteiger charge is 2.21. The maximum Gasteiger partial charge on any atom is 0.194 e. The van der Waals surface area contributed by atoms with Gasteiger partial charge in [0, 0.05) is 5.56 Å². The van der Waals surface area contributed by atoms with Crippen molar-refractivity contribution in [2.75, 3.05) is 0 Å². The summed E-state index contributed by atoms with van der Waals surface area (Å²) in [6.07, 6.45) is 0.319. The van der Waals surface area contributed by atoms with Gasteiger partial charge in [0.25, 0.3) is 0 Å². The van der Waals surface area contributed by atoms with E-state index in [2.05, 4.69) is 0 Å². The number of benzene rings is 2. The number of aliphatic hydroxyl groups excluding tert-OH is 1. The van der Waals surface area contributed by atoms with E-state index in [1.54, 1.807) is 12.1 Å². The molecule has 1 nitrogen and oxygen atoms in total. The molecule has 0 heterocycles. The van der Waals surface area contributed by atoms with E-state index in [0.717, 1.165) is 36.1 Å². The number of hydrogen-bond acceptors (Lipinski definition) is 1. The summed E-state index contributed by atoms with van der Waals surface area (Å²) in [7, 11) is 0. The summed E-state index contributed by atoms with van der Waals surface area (Å²) in [5.74, 6) is -4.17. The van der Waals surface area contributed by atoms with Gasteiger partial charge in [-0.25, -0.2) is 13.2 Å². The molecule has 2 aromatic rings. The smallest absolute Gasteiger partial charge is 0.194 e. The Morgan fingerprint density at radius 2 is 1.57 bits per heavy atom. The Balaban J connectivity index is 2.45. The lowest BCUT2D eigenvalue weighted by Crippen LogP contribution is -2.07. The second kappa shape index (κ2) is 6.31. The van der Waals surface area contributed by atoms with Crippen LogP contribution in [0.2, 0.25) is 0 Å². The van der Waals surface area contributed by atoms with Gasteiger partial charge in [-0.05, 0) is 35.6 Å². The monoisotopic (exact) mass is 294 g/mol. The molecule has 0 aliphatic carbocycles. The molecule has 0 fully saturated rings. The van der Waals surface area contributed by atoms with Gasteiger partial charge in [-0.15, -0.1) is 0 Å². The fraction of sp³-hybridized carbons (Fsp3) is 0.294. The highest BCUT2D eigenvalue weighted by atomic mass is 19.2. The molecule has 1 atom stereocenters. The zero-order chi connectivity index (χ0) is 15.6. The van der Waals surface area contributed by atoms with E-state index in [4.69, 9.17) is 0 Å². The van der Waals surface area contributed by atoms with Crippen LogP contribution in [0.4, 0.5) is 13.2 Å². The largest absolute Gasteiger partial charge is 0.384 e. The first-order chi connectivity index (χ1) is 9.99. The molecule has 0 aliphatic heterocycles. The summed E-state index contributed by atoms with van der Waals surface area (Å²) in [4.78, 5) is 0. The molecular formula is C17H17F3O. The van der Waals surface area contributed by atoms with E-state index in [1.807, 2.05) is 19.9 Å². The predicted molar refractivity (Wildman–Crippen MR) is 75.6 cm³/mol. The number of rotatable bonds is 4. The Morgan fingerprint density at radius 3 is 2.19 bits per heavy atom. The molecule has 2 aromatic carbocycles. The molecule has 0 radical (unpaired) electrons. The summed E-state index contributed by atoms with van der Waals surface area (Å²) in [5.41, 5.74) is 2.41. The van der Waals surface area contributed by atoms with Crippen molar-refractivity contribution >= 4 is 0 Å². The van der Waals surface area contributed by atoms with Gasteiger partial charge in [-0.2, -0.15) is 0 Å². The molecule has 0 aromatic heterocycles. The maximum atomic E-state index is 13.8. The molecule has 21 heavy (non-hydrogen) atoms. The van der Waals surface area contributed by atoms with Crippen LogP contribution in [0.3, 0.4) is 0 Å². The molecule has 0 saturated carbocycles. The van der Waals surface area contributed by atoms with Crippen LogP contribution in [-0.2, 0) is 12.8 Å². The van der Waals surface area contributed by atoms with Gasteiger partial charge in [0.15, 0.2) is 17.5 Å². The number of halogens is 3. The highest BCUT2D eigenvalue weighted by Crippen LogP contribution is 2.28. The van der Waals surface area contributed by atoms with Crippen molar-refractivity contribution in [2.45, 2.75) is 32.8 Å². The van der Waals surface area contributed by atoms with Gasteiger partial charge < -0.3 is 5.11 Å². The number of aliphatic hydroxyl groups is 1. The van der Waals surface area contributed by atoms with E-state index in [9.17, 15) is 18.3 Å². The molecule has 0 saturated heterocycles. The SMILES string of the molecule is CCc1ccc(C(O)c2ccc(F)c(F)c2F)cc1CC. The third-order valence-electron chi connectivity index (χ3n) is 3.67. The van der Waals surface area contributed by atoms with Crippen LogP contribution < -0.4 is 0 Å². The van der Waals surface area contributed by atoms with Crippen molar-refractivity contribution < 1.29 is 18.3 Å². The summed E-state index contributed by atoms with van der Waals surface area (Å²) in [6.45, 7) is 4.02. The normalized spacial score (nSPS) is 12.5. The topological polar surface area (TPSA) is 20.2 Å². The van der Waals surface area contributed by atoms with E-state index in [1.165, 1.54) is 0 Å². The van der Waals surface area contributed by atoms with E-state index in [-0.39, 0.29) is 5.56 Å². The molecule has 1 N–H and O–H groups in total. The summed E-state index contributed by atoms with van der Waals surface area (Å²) < 4.78 is 40.0. The fourth-order valence-electron chi connectivity index (χ4n) is 2.42. The van der Waals surface area contributed by atoms with Crippen molar-refractivity contribution in [1.82, 2.24) is 0 Å². The van der Waals surface area contributed by atoms with Crippen LogP contribution in [0, 0.1) is 17.5 Å². The zero-order valence-corrected chi connectivity index (χ0v) is 12.0. The Hall–Kier alpha value is -1.81. The zero-order valence-electron chi connectivity index (χ0n) is 12.0. The van der Waals surface area contributed by atoms with Gasteiger partial charge in [-0.3, -0.25) is 0 Å². The molecule has 0 spiro atoms. The van der Waals surface area contributed by atoms with Crippen LogP contribution in [0.25, 0.3) is 0 Å². The average molecular weight is 294 g/mol. The van der Waals surface area contributed by atoms with Crippen molar-refractivity contribution in [3.05, 3.63) is 70.0 Å². The Kier molecular flexibility index (Phi) is 4.68. The molecule has 0 bridgehead atoms. The minimum Gasteiger partial charge on any atom is -0.384 e. The average Bonchev–Trinajstić information content (AvgIpc) is 2.51. The third kappa shape index (κ3) is 2.95. The Bertz CT molecular complexity index is 653. The van der Waals surface area contributed by atoms with Gasteiger partial charge in [0.1, 0.15) is 6.10 Å². The van der Waals surface area contributed by atoms with Crippen molar-refractivity contribution in [2.24, 2.45) is 0 Å². The van der Waals surface area contributed by atoms with E-state index in [0.29, 0.717) is 5.56 Å². The molecule has 0 amide bonds. The van der Waals surface area contributed by atoms with E-state index < -0.39 is 23.6 Å². The van der Waals surface area contributed by atoms with Crippen LogP contribution >= 0.6 is 0 Å². The van der Waals surface area contributed by atoms with Gasteiger partial charge >= 0.3 is 0 Å². The Labute approximate surface area is 122 Å². The first-order valence-corrected chi connectivity index (χ1v) is 6.92. The van der Waals surface area contributed by atoms with Crippen LogP contribution in [0.1, 0.15) is 42.2 Å². The van der Waals surface area contributed by atoms with Crippen molar-refractivity contribution in [3.63, 3.8) is 0 Å². The van der Waals surface area contributed by atoms with Gasteiger partial charge in [0.05, 0.1) is 0 Å². The minimum absolute atomic E-state index is 0.264. The molecule has 112 valence electrons. The second-order valence-electron chi connectivity index (χ2n) is 4.90. The highest BCUT2D eigenvalue weighted by molar-refractivity contribution is 5.38. The van der Waals surface area contributed by atoms with Crippen LogP contribution in [0.5, 0.6) is 0 Å². The lowest BCUT2D eigenvalue weighted by Gasteiger charge is -2.15. The molecule has 1 unspecified atom stereocenters. The van der Waals surface area contributed by atoms with Gasteiger partial charge in [-0.1, -0.05) is 38.1 Å². The molecular weight excluding hydrogens is 277 g/mol. The van der Waals surface area contributed by atoms with Crippen molar-refractivity contribution in [3.8, 4) is 0 Å². The first-order valence-electron chi connectivity index (χ1n) is 6.92.